The molecule has 1 heterocycles. The first-order valence-corrected chi connectivity index (χ1v) is 7.65. The van der Waals surface area contributed by atoms with E-state index in [0.717, 1.165) is 13.1 Å². The van der Waals surface area contributed by atoms with Crippen molar-refractivity contribution < 1.29 is 17.9 Å². The van der Waals surface area contributed by atoms with Gasteiger partial charge in [0.2, 0.25) is 15.9 Å². The van der Waals surface area contributed by atoms with Gasteiger partial charge >= 0.3 is 0 Å². The van der Waals surface area contributed by atoms with Gasteiger partial charge in [-0.25, -0.2) is 13.1 Å². The molecule has 1 saturated heterocycles. The molecule has 0 spiro atoms. The second-order valence-corrected chi connectivity index (χ2v) is 6.04. The Balaban J connectivity index is 0.00000324. The molecule has 2 N–H and O–H groups in total. The summed E-state index contributed by atoms with van der Waals surface area (Å²) in [6.07, 6.45) is 0.424. The average Bonchev–Trinajstić information content (AvgIpc) is 2.37. The number of nitrogens with one attached hydrogen (secondary N) is 2. The molecule has 114 valence electrons. The number of carbonyl (C=O) groups is 1. The fraction of sp³-hybridized carbons (Fsp3) is 0.900. The monoisotopic (exact) mass is 315 g/mol. The molecule has 1 fully saturated rings. The Morgan fingerprint density at radius 3 is 2.58 bits per heavy atom. The number of halogens is 1. The van der Waals surface area contributed by atoms with E-state index in [1.54, 1.807) is 4.90 Å². The van der Waals surface area contributed by atoms with Crippen LogP contribution in [0.2, 0.25) is 0 Å². The lowest BCUT2D eigenvalue weighted by atomic mass is 10.3. The molecule has 1 aliphatic heterocycles. The molecule has 1 amide bonds. The van der Waals surface area contributed by atoms with E-state index >= 15 is 0 Å². The Morgan fingerprint density at radius 1 is 1.37 bits per heavy atom. The van der Waals surface area contributed by atoms with Crippen LogP contribution in [0.5, 0.6) is 0 Å². The van der Waals surface area contributed by atoms with Crippen LogP contribution >= 0.6 is 12.4 Å². The maximum atomic E-state index is 11.7. The standard InChI is InChI=1S/C10H21N3O4S.ClH/c1-17-7-2-8-18(15,16)12-9-10(14)13-5-3-11-4-6-13;/h11-12H,2-9H2,1H3;1H. The molecule has 0 unspecified atom stereocenters. The number of ether oxygens (including phenoxy) is 1. The van der Waals surface area contributed by atoms with Crippen molar-refractivity contribution in [3.8, 4) is 0 Å². The van der Waals surface area contributed by atoms with Gasteiger partial charge < -0.3 is 15.0 Å². The van der Waals surface area contributed by atoms with Gasteiger partial charge in [-0.2, -0.15) is 0 Å². The largest absolute Gasteiger partial charge is 0.385 e. The summed E-state index contributed by atoms with van der Waals surface area (Å²) in [6.45, 7) is 3.01. The number of hydrogen-bond acceptors (Lipinski definition) is 5. The molecular formula is C10H22ClN3O4S. The van der Waals surface area contributed by atoms with Gasteiger partial charge in [0.25, 0.3) is 0 Å². The van der Waals surface area contributed by atoms with Crippen LogP contribution in [0.4, 0.5) is 0 Å². The van der Waals surface area contributed by atoms with Gasteiger partial charge in [-0.1, -0.05) is 0 Å². The van der Waals surface area contributed by atoms with Gasteiger partial charge in [-0.3, -0.25) is 4.79 Å². The molecule has 0 saturated carbocycles. The third-order valence-corrected chi connectivity index (χ3v) is 4.08. The highest BCUT2D eigenvalue weighted by molar-refractivity contribution is 7.89. The van der Waals surface area contributed by atoms with Crippen molar-refractivity contribution in [3.63, 3.8) is 0 Å². The van der Waals surface area contributed by atoms with Crippen LogP contribution in [0.25, 0.3) is 0 Å². The molecule has 0 atom stereocenters. The van der Waals surface area contributed by atoms with E-state index in [0.29, 0.717) is 26.1 Å². The molecular weight excluding hydrogens is 294 g/mol. The molecule has 9 heteroatoms. The van der Waals surface area contributed by atoms with Gasteiger partial charge in [-0.05, 0) is 6.42 Å². The van der Waals surface area contributed by atoms with Crippen molar-refractivity contribution in [1.82, 2.24) is 14.9 Å². The number of methoxy groups -OCH3 is 1. The van der Waals surface area contributed by atoms with E-state index in [1.165, 1.54) is 7.11 Å². The van der Waals surface area contributed by atoms with E-state index in [-0.39, 0.29) is 30.6 Å². The van der Waals surface area contributed by atoms with Crippen LogP contribution in [0.15, 0.2) is 0 Å². The van der Waals surface area contributed by atoms with Gasteiger partial charge in [0, 0.05) is 39.9 Å². The first kappa shape index (κ1) is 18.6. The van der Waals surface area contributed by atoms with Crippen LogP contribution in [-0.2, 0) is 19.6 Å². The molecule has 0 aliphatic carbocycles. The van der Waals surface area contributed by atoms with E-state index in [1.807, 2.05) is 0 Å². The lowest BCUT2D eigenvalue weighted by molar-refractivity contribution is -0.130. The van der Waals surface area contributed by atoms with Crippen molar-refractivity contribution in [3.05, 3.63) is 0 Å². The quantitative estimate of drug-likeness (QED) is 0.576. The first-order valence-electron chi connectivity index (χ1n) is 6.00. The number of carbonyl (C=O) groups excluding carboxylic acids is 1. The van der Waals surface area contributed by atoms with Crippen LogP contribution in [0.3, 0.4) is 0 Å². The summed E-state index contributed by atoms with van der Waals surface area (Å²) >= 11 is 0. The minimum Gasteiger partial charge on any atom is -0.385 e. The lowest BCUT2D eigenvalue weighted by Gasteiger charge is -2.27. The van der Waals surface area contributed by atoms with Crippen molar-refractivity contribution in [2.45, 2.75) is 6.42 Å². The maximum absolute atomic E-state index is 11.7. The van der Waals surface area contributed by atoms with Crippen LogP contribution in [-0.4, -0.2) is 71.4 Å². The predicted molar refractivity (Wildman–Crippen MR) is 75.0 cm³/mol. The molecule has 0 bridgehead atoms. The molecule has 0 aromatic rings. The fourth-order valence-corrected chi connectivity index (χ4v) is 2.65. The third-order valence-electron chi connectivity index (χ3n) is 2.67. The molecule has 0 aromatic carbocycles. The highest BCUT2D eigenvalue weighted by Gasteiger charge is 2.18. The molecule has 1 rings (SSSR count). The smallest absolute Gasteiger partial charge is 0.237 e. The molecule has 0 radical (unpaired) electrons. The number of nitrogens with zero attached hydrogens (tertiary/aromatic N) is 1. The zero-order chi connectivity index (χ0) is 13.4. The summed E-state index contributed by atoms with van der Waals surface area (Å²) in [4.78, 5) is 13.4. The lowest BCUT2D eigenvalue weighted by Crippen LogP contribution is -2.49. The van der Waals surface area contributed by atoms with E-state index < -0.39 is 10.0 Å². The van der Waals surface area contributed by atoms with Crippen molar-refractivity contribution >= 4 is 28.3 Å². The Hall–Kier alpha value is -0.410. The highest BCUT2D eigenvalue weighted by atomic mass is 35.5. The molecule has 7 nitrogen and oxygen atoms in total. The summed E-state index contributed by atoms with van der Waals surface area (Å²) in [5.74, 6) is -0.192. The maximum Gasteiger partial charge on any atom is 0.237 e. The number of amides is 1. The van der Waals surface area contributed by atoms with Crippen molar-refractivity contribution in [2.24, 2.45) is 0 Å². The van der Waals surface area contributed by atoms with Crippen LogP contribution in [0.1, 0.15) is 6.42 Å². The summed E-state index contributed by atoms with van der Waals surface area (Å²) in [5.41, 5.74) is 0. The summed E-state index contributed by atoms with van der Waals surface area (Å²) in [7, 11) is -1.86. The van der Waals surface area contributed by atoms with E-state index in [2.05, 4.69) is 10.0 Å². The normalized spacial score (nSPS) is 15.9. The summed E-state index contributed by atoms with van der Waals surface area (Å²) in [6, 6.07) is 0. The Labute approximate surface area is 120 Å². The second kappa shape index (κ2) is 9.49. The third kappa shape index (κ3) is 7.68. The number of piperazine rings is 1. The predicted octanol–water partition coefficient (Wildman–Crippen LogP) is -1.20. The van der Waals surface area contributed by atoms with Gasteiger partial charge in [0.15, 0.2) is 0 Å². The molecule has 0 aromatic heterocycles. The number of sulfonamides is 1. The van der Waals surface area contributed by atoms with E-state index in [4.69, 9.17) is 4.74 Å². The van der Waals surface area contributed by atoms with Crippen LogP contribution < -0.4 is 10.0 Å². The zero-order valence-corrected chi connectivity index (χ0v) is 12.7. The molecule has 1 aliphatic rings. The van der Waals surface area contributed by atoms with Crippen molar-refractivity contribution in [2.75, 3.05) is 52.2 Å². The number of hydrogen-bond donors (Lipinski definition) is 2. The zero-order valence-electron chi connectivity index (χ0n) is 11.1. The Morgan fingerprint density at radius 2 is 2.00 bits per heavy atom. The second-order valence-electron chi connectivity index (χ2n) is 4.12. The Bertz CT molecular complexity index is 358. The SMILES string of the molecule is COCCCS(=O)(=O)NCC(=O)N1CCNCC1.Cl. The van der Waals surface area contributed by atoms with E-state index in [9.17, 15) is 13.2 Å². The highest BCUT2D eigenvalue weighted by Crippen LogP contribution is 1.94. The minimum absolute atomic E-state index is 0. The summed E-state index contributed by atoms with van der Waals surface area (Å²) in [5, 5.41) is 3.13. The molecule has 19 heavy (non-hydrogen) atoms. The Kier molecular flexibility index (Phi) is 9.28. The minimum atomic E-state index is -3.38. The van der Waals surface area contributed by atoms with Gasteiger partial charge in [-0.15, -0.1) is 12.4 Å². The fourth-order valence-electron chi connectivity index (χ4n) is 1.66. The average molecular weight is 316 g/mol. The van der Waals surface area contributed by atoms with Crippen LogP contribution in [0, 0.1) is 0 Å². The topological polar surface area (TPSA) is 87.7 Å². The van der Waals surface area contributed by atoms with Gasteiger partial charge in [0.1, 0.15) is 0 Å². The van der Waals surface area contributed by atoms with Gasteiger partial charge in [0.05, 0.1) is 12.3 Å². The summed E-state index contributed by atoms with van der Waals surface area (Å²) < 4.78 is 30.2. The first-order chi connectivity index (χ1) is 8.55. The van der Waals surface area contributed by atoms with Crippen molar-refractivity contribution in [1.29, 1.82) is 0 Å². The number of rotatable bonds is 7.